The Morgan fingerprint density at radius 3 is 2.53 bits per heavy atom. The summed E-state index contributed by atoms with van der Waals surface area (Å²) < 4.78 is 1.54. The van der Waals surface area contributed by atoms with Crippen molar-refractivity contribution in [2.75, 3.05) is 5.32 Å². The number of hydrogen-bond acceptors (Lipinski definition) is 3. The first-order chi connectivity index (χ1) is 8.95. The van der Waals surface area contributed by atoms with Gasteiger partial charge in [-0.1, -0.05) is 23.2 Å². The molecule has 0 aliphatic heterocycles. The lowest BCUT2D eigenvalue weighted by Crippen LogP contribution is -2.21. The monoisotopic (exact) mass is 299 g/mol. The largest absolute Gasteiger partial charge is 0.378 e. The summed E-state index contributed by atoms with van der Waals surface area (Å²) in [5, 5.41) is 17.1. The van der Waals surface area contributed by atoms with E-state index in [-0.39, 0.29) is 0 Å². The summed E-state index contributed by atoms with van der Waals surface area (Å²) in [5.74, 6) is -0.239. The van der Waals surface area contributed by atoms with Crippen molar-refractivity contribution in [1.29, 1.82) is 0 Å². The third kappa shape index (κ3) is 3.47. The first kappa shape index (κ1) is 13.9. The molecular weight excluding hydrogens is 289 g/mol. The summed E-state index contributed by atoms with van der Waals surface area (Å²) in [7, 11) is 1.73. The molecule has 2 N–H and O–H groups in total. The Morgan fingerprint density at radius 1 is 1.37 bits per heavy atom. The SMILES string of the molecule is Cn1ccc(NC(=O)[C@@H](O)c2cc(Cl)cc(Cl)c2)n1. The predicted molar refractivity (Wildman–Crippen MR) is 73.3 cm³/mol. The highest BCUT2D eigenvalue weighted by atomic mass is 35.5. The van der Waals surface area contributed by atoms with Gasteiger partial charge in [-0.3, -0.25) is 9.48 Å². The number of aromatic nitrogens is 2. The molecule has 1 aromatic heterocycles. The van der Waals surface area contributed by atoms with Crippen molar-refractivity contribution in [2.24, 2.45) is 7.05 Å². The van der Waals surface area contributed by atoms with Crippen molar-refractivity contribution in [3.8, 4) is 0 Å². The average molecular weight is 300 g/mol. The lowest BCUT2D eigenvalue weighted by molar-refractivity contribution is -0.124. The maximum absolute atomic E-state index is 11.8. The van der Waals surface area contributed by atoms with Crippen LogP contribution in [0.15, 0.2) is 30.5 Å². The van der Waals surface area contributed by atoms with Crippen LogP contribution in [0.1, 0.15) is 11.7 Å². The fourth-order valence-corrected chi connectivity index (χ4v) is 2.10. The van der Waals surface area contributed by atoms with Gasteiger partial charge in [0.05, 0.1) is 0 Å². The molecule has 0 saturated carbocycles. The van der Waals surface area contributed by atoms with Gasteiger partial charge in [-0.2, -0.15) is 5.10 Å². The first-order valence-corrected chi connectivity index (χ1v) is 6.16. The summed E-state index contributed by atoms with van der Waals surface area (Å²) in [4.78, 5) is 11.8. The van der Waals surface area contributed by atoms with Crippen LogP contribution in [0.4, 0.5) is 5.82 Å². The van der Waals surface area contributed by atoms with Gasteiger partial charge < -0.3 is 10.4 Å². The fraction of sp³-hybridized carbons (Fsp3) is 0.167. The number of halogens is 2. The van der Waals surface area contributed by atoms with Gasteiger partial charge in [-0.15, -0.1) is 0 Å². The highest BCUT2D eigenvalue weighted by Crippen LogP contribution is 2.24. The molecule has 0 spiro atoms. The summed E-state index contributed by atoms with van der Waals surface area (Å²) >= 11 is 11.6. The van der Waals surface area contributed by atoms with Crippen molar-refractivity contribution in [1.82, 2.24) is 9.78 Å². The van der Waals surface area contributed by atoms with Crippen molar-refractivity contribution in [3.63, 3.8) is 0 Å². The van der Waals surface area contributed by atoms with Crippen LogP contribution in [0.3, 0.4) is 0 Å². The van der Waals surface area contributed by atoms with E-state index in [0.717, 1.165) is 0 Å². The molecule has 5 nitrogen and oxygen atoms in total. The third-order valence-electron chi connectivity index (χ3n) is 2.41. The molecule has 0 fully saturated rings. The Morgan fingerprint density at radius 2 is 2.00 bits per heavy atom. The molecule has 19 heavy (non-hydrogen) atoms. The summed E-state index contributed by atoms with van der Waals surface area (Å²) in [6.45, 7) is 0. The van der Waals surface area contributed by atoms with E-state index in [1.54, 1.807) is 19.3 Å². The van der Waals surface area contributed by atoms with Gasteiger partial charge in [0.1, 0.15) is 0 Å². The second kappa shape index (κ2) is 5.61. The van der Waals surface area contributed by atoms with E-state index < -0.39 is 12.0 Å². The topological polar surface area (TPSA) is 67.2 Å². The van der Waals surface area contributed by atoms with Crippen LogP contribution in [0.2, 0.25) is 10.0 Å². The maximum Gasteiger partial charge on any atom is 0.259 e. The maximum atomic E-state index is 11.8. The number of anilines is 1. The van der Waals surface area contributed by atoms with Crippen molar-refractivity contribution in [3.05, 3.63) is 46.1 Å². The van der Waals surface area contributed by atoms with Crippen LogP contribution in [0, 0.1) is 0 Å². The number of rotatable bonds is 3. The van der Waals surface area contributed by atoms with E-state index in [2.05, 4.69) is 10.4 Å². The van der Waals surface area contributed by atoms with Crippen LogP contribution in [-0.2, 0) is 11.8 Å². The molecule has 1 heterocycles. The molecule has 0 bridgehead atoms. The molecule has 1 aromatic carbocycles. The smallest absolute Gasteiger partial charge is 0.259 e. The molecule has 100 valence electrons. The number of amides is 1. The van der Waals surface area contributed by atoms with Gasteiger partial charge in [0, 0.05) is 29.4 Å². The number of nitrogens with one attached hydrogen (secondary N) is 1. The molecule has 0 aliphatic rings. The zero-order valence-corrected chi connectivity index (χ0v) is 11.5. The van der Waals surface area contributed by atoms with Gasteiger partial charge in [-0.25, -0.2) is 0 Å². The predicted octanol–water partition coefficient (Wildman–Crippen LogP) is 2.40. The number of benzene rings is 1. The van der Waals surface area contributed by atoms with Gasteiger partial charge in [0.15, 0.2) is 11.9 Å². The van der Waals surface area contributed by atoms with Gasteiger partial charge in [0.2, 0.25) is 0 Å². The number of aliphatic hydroxyl groups is 1. The second-order valence-electron chi connectivity index (χ2n) is 3.97. The highest BCUT2D eigenvalue weighted by Gasteiger charge is 2.19. The van der Waals surface area contributed by atoms with Crippen molar-refractivity contribution >= 4 is 34.9 Å². The number of nitrogens with zero attached hydrogens (tertiary/aromatic N) is 2. The lowest BCUT2D eigenvalue weighted by Gasteiger charge is -2.11. The minimum Gasteiger partial charge on any atom is -0.378 e. The van der Waals surface area contributed by atoms with E-state index in [9.17, 15) is 9.90 Å². The number of aliphatic hydroxyl groups excluding tert-OH is 1. The summed E-state index contributed by atoms with van der Waals surface area (Å²) in [5.41, 5.74) is 0.325. The fourth-order valence-electron chi connectivity index (χ4n) is 1.56. The van der Waals surface area contributed by atoms with Crippen LogP contribution >= 0.6 is 23.2 Å². The Bertz CT molecular complexity index is 593. The number of carbonyl (C=O) groups is 1. The standard InChI is InChI=1S/C12H11Cl2N3O2/c1-17-3-2-10(16-17)15-12(19)11(18)7-4-8(13)6-9(14)5-7/h2-6,11,18H,1H3,(H,15,16,19)/t11-/m0/s1. The second-order valence-corrected chi connectivity index (χ2v) is 4.84. The molecule has 2 aromatic rings. The van der Waals surface area contributed by atoms with E-state index in [4.69, 9.17) is 23.2 Å². The molecule has 0 saturated heterocycles. The molecule has 7 heteroatoms. The van der Waals surface area contributed by atoms with E-state index >= 15 is 0 Å². The zero-order valence-electron chi connectivity index (χ0n) is 9.97. The van der Waals surface area contributed by atoms with Crippen LogP contribution in [0.25, 0.3) is 0 Å². The van der Waals surface area contributed by atoms with Gasteiger partial charge >= 0.3 is 0 Å². The average Bonchev–Trinajstić information content (AvgIpc) is 2.72. The molecule has 1 amide bonds. The van der Waals surface area contributed by atoms with E-state index in [1.807, 2.05) is 0 Å². The highest BCUT2D eigenvalue weighted by molar-refractivity contribution is 6.34. The summed E-state index contributed by atoms with van der Waals surface area (Å²) in [6, 6.07) is 6.11. The lowest BCUT2D eigenvalue weighted by atomic mass is 10.1. The van der Waals surface area contributed by atoms with Crippen LogP contribution < -0.4 is 5.32 Å². The Balaban J connectivity index is 2.14. The number of aryl methyl sites for hydroxylation is 1. The minimum absolute atomic E-state index is 0.325. The number of carbonyl (C=O) groups excluding carboxylic acids is 1. The zero-order chi connectivity index (χ0) is 14.0. The van der Waals surface area contributed by atoms with Crippen molar-refractivity contribution in [2.45, 2.75) is 6.10 Å². The molecule has 0 unspecified atom stereocenters. The normalized spacial score (nSPS) is 12.2. The Kier molecular flexibility index (Phi) is 4.09. The Labute approximate surface area is 119 Å². The Hall–Kier alpha value is -1.56. The van der Waals surface area contributed by atoms with Gasteiger partial charge in [-0.05, 0) is 23.8 Å². The minimum atomic E-state index is -1.36. The molecule has 0 aliphatic carbocycles. The van der Waals surface area contributed by atoms with Crippen LogP contribution in [0.5, 0.6) is 0 Å². The molecular formula is C12H11Cl2N3O2. The third-order valence-corrected chi connectivity index (χ3v) is 2.85. The summed E-state index contributed by atoms with van der Waals surface area (Å²) in [6.07, 6.45) is 0.316. The van der Waals surface area contributed by atoms with Gasteiger partial charge in [0.25, 0.3) is 5.91 Å². The van der Waals surface area contributed by atoms with Crippen LogP contribution in [-0.4, -0.2) is 20.8 Å². The first-order valence-electron chi connectivity index (χ1n) is 5.40. The molecule has 2 rings (SSSR count). The quantitative estimate of drug-likeness (QED) is 0.914. The van der Waals surface area contributed by atoms with Crippen molar-refractivity contribution < 1.29 is 9.90 Å². The van der Waals surface area contributed by atoms with E-state index in [0.29, 0.717) is 21.4 Å². The molecule has 1 atom stereocenters. The number of hydrogen-bond donors (Lipinski definition) is 2. The molecule has 0 radical (unpaired) electrons. The van der Waals surface area contributed by atoms with E-state index in [1.165, 1.54) is 22.9 Å².